The molecule has 0 aliphatic carbocycles. The molecule has 23 heavy (non-hydrogen) atoms. The van der Waals surface area contributed by atoms with Crippen LogP contribution in [0.4, 0.5) is 11.5 Å². The van der Waals surface area contributed by atoms with Crippen LogP contribution in [-0.4, -0.2) is 34.3 Å². The molecule has 0 atom stereocenters. The zero-order valence-electron chi connectivity index (χ0n) is 12.8. The van der Waals surface area contributed by atoms with Crippen LogP contribution >= 0.6 is 23.1 Å². The van der Waals surface area contributed by atoms with E-state index < -0.39 is 5.97 Å². The van der Waals surface area contributed by atoms with Gasteiger partial charge in [0.15, 0.2) is 5.16 Å². The highest BCUT2D eigenvalue weighted by atomic mass is 32.2. The van der Waals surface area contributed by atoms with Gasteiger partial charge in [0, 0.05) is 5.69 Å². The Bertz CT molecular complexity index is 879. The molecule has 2 aromatic heterocycles. The Hall–Kier alpha value is -2.19. The van der Waals surface area contributed by atoms with Crippen LogP contribution in [-0.2, 0) is 4.74 Å². The summed E-state index contributed by atoms with van der Waals surface area (Å²) in [5, 5.41) is 3.79. The summed E-state index contributed by atoms with van der Waals surface area (Å²) in [6.45, 7) is 1.77. The van der Waals surface area contributed by atoms with Gasteiger partial charge in [-0.1, -0.05) is 11.8 Å². The molecule has 0 saturated heterocycles. The average molecular weight is 346 g/mol. The largest absolute Gasteiger partial charge is 0.465 e. The van der Waals surface area contributed by atoms with Crippen molar-refractivity contribution in [1.82, 2.24) is 15.0 Å². The van der Waals surface area contributed by atoms with E-state index in [1.54, 1.807) is 23.8 Å². The molecule has 0 aliphatic rings. The molecule has 0 spiro atoms. The predicted octanol–water partition coefficient (Wildman–Crippen LogP) is 3.65. The highest BCUT2D eigenvalue weighted by molar-refractivity contribution is 7.98. The molecule has 0 aliphatic heterocycles. The van der Waals surface area contributed by atoms with Crippen molar-refractivity contribution in [3.05, 3.63) is 35.0 Å². The molecule has 1 N–H and O–H groups in total. The maximum Gasteiger partial charge on any atom is 0.343 e. The number of carbonyl (C=O) groups excluding carboxylic acids is 1. The molecular formula is C15H14N4O2S2. The molecule has 3 rings (SSSR count). The Morgan fingerprint density at radius 3 is 2.91 bits per heavy atom. The van der Waals surface area contributed by atoms with Crippen LogP contribution < -0.4 is 5.32 Å². The van der Waals surface area contributed by atoms with Crippen LogP contribution in [0.1, 0.15) is 16.1 Å². The van der Waals surface area contributed by atoms with Gasteiger partial charge in [0.25, 0.3) is 0 Å². The van der Waals surface area contributed by atoms with Gasteiger partial charge in [-0.2, -0.15) is 0 Å². The molecule has 0 radical (unpaired) electrons. The van der Waals surface area contributed by atoms with Crippen LogP contribution in [0.5, 0.6) is 0 Å². The average Bonchev–Trinajstić information content (AvgIpc) is 3.01. The number of thioether (sulfide) groups is 1. The number of nitrogens with zero attached hydrogens (tertiary/aromatic N) is 3. The lowest BCUT2D eigenvalue weighted by molar-refractivity contribution is 0.0600. The van der Waals surface area contributed by atoms with Crippen molar-refractivity contribution in [2.24, 2.45) is 0 Å². The fourth-order valence-electron chi connectivity index (χ4n) is 2.15. The molecule has 0 bridgehead atoms. The number of hydrogen-bond donors (Lipinski definition) is 1. The lowest BCUT2D eigenvalue weighted by Crippen LogP contribution is -2.12. The zero-order valence-corrected chi connectivity index (χ0v) is 14.4. The molecule has 6 nitrogen and oxygen atoms in total. The first kappa shape index (κ1) is 15.7. The Labute approximate surface area is 141 Å². The van der Waals surface area contributed by atoms with Crippen molar-refractivity contribution < 1.29 is 9.53 Å². The predicted molar refractivity (Wildman–Crippen MR) is 92.8 cm³/mol. The van der Waals surface area contributed by atoms with Gasteiger partial charge in [0.1, 0.15) is 11.4 Å². The van der Waals surface area contributed by atoms with Crippen LogP contribution in [0.2, 0.25) is 0 Å². The van der Waals surface area contributed by atoms with E-state index in [9.17, 15) is 4.79 Å². The number of nitrogens with one attached hydrogen (secondary N) is 1. The summed E-state index contributed by atoms with van der Waals surface area (Å²) in [4.78, 5) is 25.0. The van der Waals surface area contributed by atoms with Crippen molar-refractivity contribution in [2.45, 2.75) is 12.1 Å². The number of fused-ring (bicyclic) bond motifs is 1. The van der Waals surface area contributed by atoms with Gasteiger partial charge >= 0.3 is 5.97 Å². The van der Waals surface area contributed by atoms with E-state index in [1.807, 2.05) is 24.5 Å². The maximum atomic E-state index is 12.1. The van der Waals surface area contributed by atoms with Gasteiger partial charge < -0.3 is 10.1 Å². The number of carbonyl (C=O) groups is 1. The number of aryl methyl sites for hydroxylation is 1. The molecule has 0 amide bonds. The molecule has 0 saturated carbocycles. The molecule has 1 aromatic carbocycles. The van der Waals surface area contributed by atoms with Gasteiger partial charge in [-0.15, -0.1) is 11.3 Å². The molecule has 3 aromatic rings. The first-order valence-corrected chi connectivity index (χ1v) is 8.84. The van der Waals surface area contributed by atoms with E-state index in [0.29, 0.717) is 22.2 Å². The zero-order chi connectivity index (χ0) is 16.4. The van der Waals surface area contributed by atoms with Gasteiger partial charge in [0.05, 0.1) is 28.5 Å². The number of ether oxygens (including phenoxy) is 1. The third-order valence-corrected chi connectivity index (χ3v) is 4.57. The quantitative estimate of drug-likeness (QED) is 0.439. The second kappa shape index (κ2) is 6.51. The topological polar surface area (TPSA) is 77.0 Å². The van der Waals surface area contributed by atoms with Crippen LogP contribution in [0.15, 0.2) is 28.9 Å². The van der Waals surface area contributed by atoms with Crippen LogP contribution in [0.25, 0.3) is 10.2 Å². The third-order valence-electron chi connectivity index (χ3n) is 3.24. The number of anilines is 2. The van der Waals surface area contributed by atoms with Gasteiger partial charge in [-0.3, -0.25) is 0 Å². The summed E-state index contributed by atoms with van der Waals surface area (Å²) in [5.74, 6) is -0.0194. The summed E-state index contributed by atoms with van der Waals surface area (Å²) < 4.78 is 5.91. The molecule has 0 unspecified atom stereocenters. The smallest absolute Gasteiger partial charge is 0.343 e. The highest BCUT2D eigenvalue weighted by Gasteiger charge is 2.19. The summed E-state index contributed by atoms with van der Waals surface area (Å²) in [6.07, 6.45) is 1.89. The fraction of sp³-hybridized carbons (Fsp3) is 0.200. The van der Waals surface area contributed by atoms with E-state index in [2.05, 4.69) is 20.3 Å². The molecule has 118 valence electrons. The summed E-state index contributed by atoms with van der Waals surface area (Å²) in [5.41, 5.74) is 4.50. The van der Waals surface area contributed by atoms with E-state index in [1.165, 1.54) is 18.9 Å². The fourth-order valence-corrected chi connectivity index (χ4v) is 3.27. The number of methoxy groups -OCH3 is 1. The van der Waals surface area contributed by atoms with E-state index in [4.69, 9.17) is 4.74 Å². The van der Waals surface area contributed by atoms with E-state index in [0.717, 1.165) is 15.9 Å². The van der Waals surface area contributed by atoms with Crippen molar-refractivity contribution in [1.29, 1.82) is 0 Å². The van der Waals surface area contributed by atoms with Crippen molar-refractivity contribution in [3.8, 4) is 0 Å². The van der Waals surface area contributed by atoms with Crippen molar-refractivity contribution in [3.63, 3.8) is 0 Å². The molecule has 8 heteroatoms. The molecular weight excluding hydrogens is 332 g/mol. The number of esters is 1. The Morgan fingerprint density at radius 1 is 1.35 bits per heavy atom. The van der Waals surface area contributed by atoms with Crippen molar-refractivity contribution >= 4 is 50.8 Å². The highest BCUT2D eigenvalue weighted by Crippen LogP contribution is 2.27. The monoisotopic (exact) mass is 346 g/mol. The lowest BCUT2D eigenvalue weighted by atomic mass is 10.2. The minimum Gasteiger partial charge on any atom is -0.465 e. The first-order chi connectivity index (χ1) is 11.1. The number of hydrogen-bond acceptors (Lipinski definition) is 8. The second-order valence-electron chi connectivity index (χ2n) is 4.67. The second-order valence-corrected chi connectivity index (χ2v) is 6.33. The summed E-state index contributed by atoms with van der Waals surface area (Å²) in [7, 11) is 1.34. The Kier molecular flexibility index (Phi) is 4.44. The maximum absolute atomic E-state index is 12.1. The van der Waals surface area contributed by atoms with Gasteiger partial charge in [0.2, 0.25) is 0 Å². The molecule has 0 fully saturated rings. The summed E-state index contributed by atoms with van der Waals surface area (Å²) >= 11 is 2.98. The van der Waals surface area contributed by atoms with E-state index >= 15 is 0 Å². The lowest BCUT2D eigenvalue weighted by Gasteiger charge is -2.13. The van der Waals surface area contributed by atoms with Crippen molar-refractivity contribution in [2.75, 3.05) is 18.7 Å². The minimum absolute atomic E-state index is 0.342. The third kappa shape index (κ3) is 3.13. The number of rotatable bonds is 4. The van der Waals surface area contributed by atoms with Gasteiger partial charge in [-0.05, 0) is 31.4 Å². The number of aromatic nitrogens is 3. The minimum atomic E-state index is -0.462. The first-order valence-electron chi connectivity index (χ1n) is 6.73. The Morgan fingerprint density at radius 2 is 2.17 bits per heavy atom. The number of benzene rings is 1. The summed E-state index contributed by atoms with van der Waals surface area (Å²) in [6, 6.07) is 5.80. The van der Waals surface area contributed by atoms with E-state index in [-0.39, 0.29) is 0 Å². The van der Waals surface area contributed by atoms with Gasteiger partial charge in [-0.25, -0.2) is 19.7 Å². The Balaban J connectivity index is 2.06. The van der Waals surface area contributed by atoms with Crippen LogP contribution in [0.3, 0.4) is 0 Å². The SMILES string of the molecule is COC(=O)c1c(C)nc(SC)nc1Nc1ccc2ncsc2c1. The molecule has 2 heterocycles. The number of thiazole rings is 1. The van der Waals surface area contributed by atoms with Crippen LogP contribution in [0, 0.1) is 6.92 Å². The normalized spacial score (nSPS) is 10.7. The standard InChI is InChI=1S/C15H14N4O2S2/c1-8-12(14(20)21-2)13(19-15(17-8)22-3)18-9-4-5-10-11(6-9)23-7-16-10/h4-7H,1-3H3,(H,17,18,19).